The highest BCUT2D eigenvalue weighted by Crippen LogP contribution is 2.23. The van der Waals surface area contributed by atoms with E-state index in [1.807, 2.05) is 0 Å². The number of nitrogens with one attached hydrogen (secondary N) is 2. The van der Waals surface area contributed by atoms with Crippen molar-refractivity contribution in [2.24, 2.45) is 0 Å². The molecule has 0 aromatic carbocycles. The minimum Gasteiger partial charge on any atom is -0.373 e. The van der Waals surface area contributed by atoms with Gasteiger partial charge >= 0.3 is 5.69 Å². The van der Waals surface area contributed by atoms with Gasteiger partial charge in [0.1, 0.15) is 5.82 Å². The number of pyridine rings is 1. The van der Waals surface area contributed by atoms with Gasteiger partial charge in [-0.15, -0.1) is 0 Å². The van der Waals surface area contributed by atoms with Crippen LogP contribution in [0.25, 0.3) is 0 Å². The summed E-state index contributed by atoms with van der Waals surface area (Å²) in [7, 11) is 1.74. The molecule has 0 spiro atoms. The first kappa shape index (κ1) is 14.2. The second-order valence-corrected chi connectivity index (χ2v) is 4.06. The van der Waals surface area contributed by atoms with Crippen LogP contribution < -0.4 is 10.6 Å². The number of nitrogens with zero attached hydrogens (tertiary/aromatic N) is 2. The molecule has 18 heavy (non-hydrogen) atoms. The third-order valence-electron chi connectivity index (χ3n) is 2.65. The molecule has 1 aromatic heterocycles. The average molecular weight is 252 g/mol. The van der Waals surface area contributed by atoms with Gasteiger partial charge in [0.15, 0.2) is 0 Å². The molecule has 2 N–H and O–H groups in total. The highest BCUT2D eigenvalue weighted by atomic mass is 16.6. The molecule has 0 aliphatic rings. The van der Waals surface area contributed by atoms with Crippen LogP contribution in [0.3, 0.4) is 0 Å². The maximum absolute atomic E-state index is 10.9. The molecule has 100 valence electrons. The Kier molecular flexibility index (Phi) is 5.90. The van der Waals surface area contributed by atoms with Crippen LogP contribution in [0, 0.1) is 10.1 Å². The molecular weight excluding hydrogens is 232 g/mol. The Bertz CT molecular complexity index is 396. The van der Waals surface area contributed by atoms with Crippen LogP contribution in [0.2, 0.25) is 0 Å². The number of anilines is 2. The summed E-state index contributed by atoms with van der Waals surface area (Å²) in [5, 5.41) is 16.8. The number of hydrogen-bond donors (Lipinski definition) is 2. The first-order chi connectivity index (χ1) is 8.69. The zero-order chi connectivity index (χ0) is 13.4. The summed E-state index contributed by atoms with van der Waals surface area (Å²) in [5.41, 5.74) is 0.0180. The summed E-state index contributed by atoms with van der Waals surface area (Å²) in [6, 6.07) is 3.06. The molecule has 1 aromatic rings. The van der Waals surface area contributed by atoms with E-state index in [2.05, 4.69) is 22.5 Å². The number of rotatable bonds is 8. The standard InChI is InChI=1S/C12H20N4O2/c1-3-4-5-6-9-14-12-10(16(17)18)7-8-11(13-2)15-12/h7-8H,3-6,9H2,1-2H3,(H2,13,14,15). The number of unbranched alkanes of at least 4 members (excludes halogenated alkanes) is 3. The number of aromatic nitrogens is 1. The molecule has 0 bridgehead atoms. The molecule has 0 aliphatic carbocycles. The van der Waals surface area contributed by atoms with Crippen molar-refractivity contribution >= 4 is 17.3 Å². The van der Waals surface area contributed by atoms with Crippen LogP contribution >= 0.6 is 0 Å². The minimum absolute atomic E-state index is 0.0180. The summed E-state index contributed by atoms with van der Waals surface area (Å²) >= 11 is 0. The van der Waals surface area contributed by atoms with Crippen molar-refractivity contribution in [2.45, 2.75) is 32.6 Å². The molecule has 0 saturated carbocycles. The quantitative estimate of drug-likeness (QED) is 0.422. The van der Waals surface area contributed by atoms with Crippen LogP contribution in [0.15, 0.2) is 12.1 Å². The third kappa shape index (κ3) is 4.20. The lowest BCUT2D eigenvalue weighted by molar-refractivity contribution is -0.384. The maximum Gasteiger partial charge on any atom is 0.311 e. The predicted octanol–water partition coefficient (Wildman–Crippen LogP) is 3.02. The molecule has 1 heterocycles. The average Bonchev–Trinajstić information content (AvgIpc) is 2.38. The Hall–Kier alpha value is -1.85. The van der Waals surface area contributed by atoms with Gasteiger partial charge in [-0.1, -0.05) is 26.2 Å². The molecule has 0 saturated heterocycles. The highest BCUT2D eigenvalue weighted by Gasteiger charge is 2.15. The van der Waals surface area contributed by atoms with Crippen LogP contribution in [-0.2, 0) is 0 Å². The molecule has 0 aliphatic heterocycles. The minimum atomic E-state index is -0.416. The number of hydrogen-bond acceptors (Lipinski definition) is 5. The lowest BCUT2D eigenvalue weighted by Gasteiger charge is -2.07. The van der Waals surface area contributed by atoms with E-state index in [9.17, 15) is 10.1 Å². The fourth-order valence-electron chi connectivity index (χ4n) is 1.63. The van der Waals surface area contributed by atoms with Gasteiger partial charge in [-0.3, -0.25) is 10.1 Å². The van der Waals surface area contributed by atoms with E-state index in [1.165, 1.54) is 18.9 Å². The summed E-state index contributed by atoms with van der Waals surface area (Å²) in [4.78, 5) is 14.6. The summed E-state index contributed by atoms with van der Waals surface area (Å²) < 4.78 is 0. The van der Waals surface area contributed by atoms with Gasteiger partial charge in [-0.05, 0) is 12.5 Å². The smallest absolute Gasteiger partial charge is 0.311 e. The zero-order valence-electron chi connectivity index (χ0n) is 10.9. The summed E-state index contributed by atoms with van der Waals surface area (Å²) in [5.74, 6) is 0.958. The van der Waals surface area contributed by atoms with E-state index < -0.39 is 4.92 Å². The SMILES string of the molecule is CCCCCCNc1nc(NC)ccc1[N+](=O)[O-]. The van der Waals surface area contributed by atoms with E-state index >= 15 is 0 Å². The van der Waals surface area contributed by atoms with Gasteiger partial charge in [0, 0.05) is 19.7 Å². The maximum atomic E-state index is 10.9. The van der Waals surface area contributed by atoms with E-state index in [0.717, 1.165) is 12.8 Å². The van der Waals surface area contributed by atoms with Crippen molar-refractivity contribution in [2.75, 3.05) is 24.2 Å². The van der Waals surface area contributed by atoms with Crippen molar-refractivity contribution in [1.82, 2.24) is 4.98 Å². The Balaban J connectivity index is 2.63. The van der Waals surface area contributed by atoms with Gasteiger partial charge in [0.2, 0.25) is 5.82 Å². The van der Waals surface area contributed by atoms with Crippen molar-refractivity contribution < 1.29 is 4.92 Å². The van der Waals surface area contributed by atoms with Crippen molar-refractivity contribution in [1.29, 1.82) is 0 Å². The fraction of sp³-hybridized carbons (Fsp3) is 0.583. The molecule has 0 amide bonds. The van der Waals surface area contributed by atoms with E-state index in [0.29, 0.717) is 18.2 Å². The largest absolute Gasteiger partial charge is 0.373 e. The molecular formula is C12H20N4O2. The number of nitro groups is 1. The summed E-state index contributed by atoms with van der Waals surface area (Å²) in [6.45, 7) is 2.86. The van der Waals surface area contributed by atoms with Gasteiger partial charge in [-0.2, -0.15) is 0 Å². The van der Waals surface area contributed by atoms with Crippen LogP contribution in [0.5, 0.6) is 0 Å². The van der Waals surface area contributed by atoms with Gasteiger partial charge in [0.05, 0.1) is 4.92 Å². The third-order valence-corrected chi connectivity index (χ3v) is 2.65. The zero-order valence-corrected chi connectivity index (χ0v) is 10.9. The van der Waals surface area contributed by atoms with Crippen molar-refractivity contribution in [3.63, 3.8) is 0 Å². The molecule has 1 rings (SSSR count). The van der Waals surface area contributed by atoms with Crippen LogP contribution in [0.1, 0.15) is 32.6 Å². The lowest BCUT2D eigenvalue weighted by Crippen LogP contribution is -2.07. The molecule has 6 nitrogen and oxygen atoms in total. The van der Waals surface area contributed by atoms with E-state index in [-0.39, 0.29) is 5.69 Å². The lowest BCUT2D eigenvalue weighted by atomic mass is 10.2. The van der Waals surface area contributed by atoms with Crippen molar-refractivity contribution in [3.8, 4) is 0 Å². The fourth-order valence-corrected chi connectivity index (χ4v) is 1.63. The Morgan fingerprint density at radius 2 is 2.11 bits per heavy atom. The van der Waals surface area contributed by atoms with Crippen LogP contribution in [0.4, 0.5) is 17.3 Å². The Labute approximate surface area is 107 Å². The van der Waals surface area contributed by atoms with Crippen molar-refractivity contribution in [3.05, 3.63) is 22.2 Å². The molecule has 0 fully saturated rings. The molecule has 0 radical (unpaired) electrons. The molecule has 0 unspecified atom stereocenters. The molecule has 6 heteroatoms. The predicted molar refractivity (Wildman–Crippen MR) is 73.1 cm³/mol. The second kappa shape index (κ2) is 7.47. The first-order valence-corrected chi connectivity index (χ1v) is 6.26. The van der Waals surface area contributed by atoms with E-state index in [4.69, 9.17) is 0 Å². The molecule has 0 atom stereocenters. The monoisotopic (exact) mass is 252 g/mol. The normalized spacial score (nSPS) is 10.1. The van der Waals surface area contributed by atoms with Gasteiger partial charge in [0.25, 0.3) is 0 Å². The Morgan fingerprint density at radius 1 is 1.33 bits per heavy atom. The van der Waals surface area contributed by atoms with Gasteiger partial charge in [-0.25, -0.2) is 4.98 Å². The summed E-state index contributed by atoms with van der Waals surface area (Å²) in [6.07, 6.45) is 4.49. The first-order valence-electron chi connectivity index (χ1n) is 6.26. The Morgan fingerprint density at radius 3 is 2.72 bits per heavy atom. The van der Waals surface area contributed by atoms with Crippen LogP contribution in [-0.4, -0.2) is 23.5 Å². The topological polar surface area (TPSA) is 80.1 Å². The van der Waals surface area contributed by atoms with E-state index in [1.54, 1.807) is 13.1 Å². The second-order valence-electron chi connectivity index (χ2n) is 4.06. The highest BCUT2D eigenvalue weighted by molar-refractivity contribution is 5.60. The van der Waals surface area contributed by atoms with Gasteiger partial charge < -0.3 is 10.6 Å².